The predicted molar refractivity (Wildman–Crippen MR) is 229 cm³/mol. The Bertz CT molecular complexity index is 1410. The van der Waals surface area contributed by atoms with E-state index >= 15 is 0 Å². The van der Waals surface area contributed by atoms with Crippen molar-refractivity contribution in [1.29, 1.82) is 0 Å². The molecule has 0 bridgehead atoms. The summed E-state index contributed by atoms with van der Waals surface area (Å²) in [6.07, 6.45) is 3.11. The molecule has 0 aliphatic carbocycles. The van der Waals surface area contributed by atoms with Crippen LogP contribution in [-0.4, -0.2) is 155 Å². The molecule has 0 saturated carbocycles. The Morgan fingerprint density at radius 2 is 0.860 bits per heavy atom. The minimum atomic E-state index is -0.599. The molecule has 2 aromatic carbocycles. The van der Waals surface area contributed by atoms with E-state index in [0.29, 0.717) is 25.2 Å². The summed E-state index contributed by atoms with van der Waals surface area (Å²) in [4.78, 5) is 10.2. The summed E-state index contributed by atoms with van der Waals surface area (Å²) in [6.45, 7) is 31.9. The SMILES string of the molecule is CC(C)(c1ccc(OCC(O)CN2C(C)(C)CC(N3CCOCC3)CC2(C)C)cc1)c1ccc(OCC(O)CN2C(C)(C)CC(N3CCOCC3)CC2(C)C)cc1. The van der Waals surface area contributed by atoms with E-state index in [1.165, 1.54) is 11.1 Å². The molecule has 4 aliphatic heterocycles. The lowest BCUT2D eigenvalue weighted by atomic mass is 9.76. The highest BCUT2D eigenvalue weighted by Gasteiger charge is 2.48. The van der Waals surface area contributed by atoms with Crippen molar-refractivity contribution in [3.05, 3.63) is 59.7 Å². The van der Waals surface area contributed by atoms with E-state index in [1.807, 2.05) is 24.3 Å². The fourth-order valence-electron chi connectivity index (χ4n) is 10.9. The van der Waals surface area contributed by atoms with Gasteiger partial charge in [0.15, 0.2) is 0 Å². The van der Waals surface area contributed by atoms with Gasteiger partial charge in [-0.25, -0.2) is 0 Å². The van der Waals surface area contributed by atoms with Crippen LogP contribution in [0.2, 0.25) is 0 Å². The first-order valence-corrected chi connectivity index (χ1v) is 21.8. The summed E-state index contributed by atoms with van der Waals surface area (Å²) in [6, 6.07) is 17.6. The Balaban J connectivity index is 0.970. The molecule has 4 saturated heterocycles. The van der Waals surface area contributed by atoms with Gasteiger partial charge in [0.2, 0.25) is 0 Å². The molecule has 10 heteroatoms. The van der Waals surface area contributed by atoms with Crippen LogP contribution in [0.15, 0.2) is 48.5 Å². The average Bonchev–Trinajstić information content (AvgIpc) is 3.16. The standard InChI is InChI=1S/C47H76N4O6/c1-43(2)27-37(48-19-23-54-24-20-48)28-44(3,4)50(43)31-39(52)33-56-41-15-11-35(12-16-41)47(9,10)36-13-17-42(18-14-36)57-34-40(53)32-51-45(5,6)29-38(30-46(51,7)8)49-21-25-55-26-22-49/h11-18,37-40,52-53H,19-34H2,1-10H3. The maximum Gasteiger partial charge on any atom is 0.119 e. The van der Waals surface area contributed by atoms with Gasteiger partial charge in [-0.3, -0.25) is 19.6 Å². The highest BCUT2D eigenvalue weighted by Crippen LogP contribution is 2.42. The number of nitrogens with zero attached hydrogens (tertiary/aromatic N) is 4. The second-order valence-corrected chi connectivity index (χ2v) is 20.5. The molecule has 0 spiro atoms. The number of rotatable bonds is 14. The molecule has 2 N–H and O–H groups in total. The van der Waals surface area contributed by atoms with Gasteiger partial charge in [0.25, 0.3) is 0 Å². The average molecular weight is 793 g/mol. The maximum absolute atomic E-state index is 11.2. The summed E-state index contributed by atoms with van der Waals surface area (Å²) in [5, 5.41) is 22.4. The minimum Gasteiger partial charge on any atom is -0.491 e. The Labute approximate surface area is 344 Å². The van der Waals surface area contributed by atoms with E-state index < -0.39 is 12.2 Å². The van der Waals surface area contributed by atoms with Gasteiger partial charge < -0.3 is 29.2 Å². The van der Waals surface area contributed by atoms with E-state index in [4.69, 9.17) is 18.9 Å². The Morgan fingerprint density at radius 3 is 1.16 bits per heavy atom. The summed E-state index contributed by atoms with van der Waals surface area (Å²) in [5.41, 5.74) is 1.94. The van der Waals surface area contributed by atoms with Gasteiger partial charge in [-0.15, -0.1) is 0 Å². The molecule has 2 atom stereocenters. The summed E-state index contributed by atoms with van der Waals surface area (Å²) >= 11 is 0. The van der Waals surface area contributed by atoms with E-state index in [-0.39, 0.29) is 40.8 Å². The molecule has 0 aromatic heterocycles. The fourth-order valence-corrected chi connectivity index (χ4v) is 10.9. The zero-order valence-electron chi connectivity index (χ0n) is 37.1. The first-order chi connectivity index (χ1) is 26.8. The van der Waals surface area contributed by atoms with Crippen LogP contribution in [0, 0.1) is 0 Å². The van der Waals surface area contributed by atoms with Gasteiger partial charge in [0, 0.05) is 78.9 Å². The molecule has 320 valence electrons. The molecular formula is C47H76N4O6. The Morgan fingerprint density at radius 1 is 0.561 bits per heavy atom. The number of ether oxygens (including phenoxy) is 4. The molecule has 10 nitrogen and oxygen atoms in total. The number of hydrogen-bond acceptors (Lipinski definition) is 10. The van der Waals surface area contributed by atoms with E-state index in [0.717, 1.165) is 89.8 Å². The molecule has 4 fully saturated rings. The third-order valence-electron chi connectivity index (χ3n) is 13.8. The molecule has 6 rings (SSSR count). The zero-order valence-corrected chi connectivity index (χ0v) is 37.1. The third-order valence-corrected chi connectivity index (χ3v) is 13.8. The molecular weight excluding hydrogens is 717 g/mol. The van der Waals surface area contributed by atoms with Crippen molar-refractivity contribution in [3.63, 3.8) is 0 Å². The summed E-state index contributed by atoms with van der Waals surface area (Å²) in [5.74, 6) is 1.52. The zero-order chi connectivity index (χ0) is 41.2. The normalized spacial score (nSPS) is 25.2. The largest absolute Gasteiger partial charge is 0.491 e. The molecule has 2 aromatic rings. The van der Waals surface area contributed by atoms with Gasteiger partial charge in [-0.2, -0.15) is 0 Å². The lowest BCUT2D eigenvalue weighted by molar-refractivity contribution is -0.0991. The number of aliphatic hydroxyl groups excluding tert-OH is 2. The van der Waals surface area contributed by atoms with Crippen LogP contribution in [0.1, 0.15) is 106 Å². The number of benzene rings is 2. The first kappa shape index (κ1) is 44.3. The van der Waals surface area contributed by atoms with Crippen LogP contribution >= 0.6 is 0 Å². The number of piperidine rings is 2. The van der Waals surface area contributed by atoms with Gasteiger partial charge in [0.1, 0.15) is 36.9 Å². The fraction of sp³-hybridized carbons (Fsp3) is 0.745. The van der Waals surface area contributed by atoms with Gasteiger partial charge in [-0.05, 0) is 116 Å². The van der Waals surface area contributed by atoms with Crippen LogP contribution in [-0.2, 0) is 14.9 Å². The predicted octanol–water partition coefficient (Wildman–Crippen LogP) is 6.20. The topological polar surface area (TPSA) is 90.3 Å². The number of hydrogen-bond donors (Lipinski definition) is 2. The smallest absolute Gasteiger partial charge is 0.119 e. The number of β-amino-alcohol motifs (C(OH)–C–C–N with tert-alkyl or cyclic N) is 2. The van der Waals surface area contributed by atoms with Gasteiger partial charge in [0.05, 0.1) is 26.4 Å². The van der Waals surface area contributed by atoms with Crippen LogP contribution in [0.4, 0.5) is 0 Å². The Hall–Kier alpha value is -2.28. The van der Waals surface area contributed by atoms with Crippen LogP contribution in [0.25, 0.3) is 0 Å². The maximum atomic E-state index is 11.2. The molecule has 57 heavy (non-hydrogen) atoms. The summed E-state index contributed by atoms with van der Waals surface area (Å²) in [7, 11) is 0. The van der Waals surface area contributed by atoms with Crippen molar-refractivity contribution in [2.24, 2.45) is 0 Å². The van der Waals surface area contributed by atoms with Crippen molar-refractivity contribution >= 4 is 0 Å². The second-order valence-electron chi connectivity index (χ2n) is 20.5. The van der Waals surface area contributed by atoms with Crippen molar-refractivity contribution in [1.82, 2.24) is 19.6 Å². The molecule has 2 unspecified atom stereocenters. The van der Waals surface area contributed by atoms with Gasteiger partial charge in [-0.1, -0.05) is 38.1 Å². The second kappa shape index (κ2) is 17.7. The molecule has 0 radical (unpaired) electrons. The molecule has 4 aliphatic rings. The quantitative estimate of drug-likeness (QED) is 0.231. The van der Waals surface area contributed by atoms with Crippen LogP contribution < -0.4 is 9.47 Å². The van der Waals surface area contributed by atoms with E-state index in [2.05, 4.69) is 113 Å². The number of likely N-dealkylation sites (tertiary alicyclic amines) is 2. The van der Waals surface area contributed by atoms with Crippen molar-refractivity contribution < 1.29 is 29.2 Å². The molecule has 0 amide bonds. The summed E-state index contributed by atoms with van der Waals surface area (Å²) < 4.78 is 23.5. The van der Waals surface area contributed by atoms with E-state index in [1.54, 1.807) is 0 Å². The Kier molecular flexibility index (Phi) is 13.8. The van der Waals surface area contributed by atoms with Crippen LogP contribution in [0.5, 0.6) is 11.5 Å². The first-order valence-electron chi connectivity index (χ1n) is 21.8. The number of aliphatic hydroxyl groups is 2. The molecule has 4 heterocycles. The van der Waals surface area contributed by atoms with Gasteiger partial charge >= 0.3 is 0 Å². The number of morpholine rings is 2. The van der Waals surface area contributed by atoms with Crippen molar-refractivity contribution in [3.8, 4) is 11.5 Å². The van der Waals surface area contributed by atoms with Crippen molar-refractivity contribution in [2.45, 2.75) is 147 Å². The lowest BCUT2D eigenvalue weighted by Crippen LogP contribution is -2.66. The highest BCUT2D eigenvalue weighted by molar-refractivity contribution is 5.42. The van der Waals surface area contributed by atoms with Crippen molar-refractivity contribution in [2.75, 3.05) is 78.9 Å². The lowest BCUT2D eigenvalue weighted by Gasteiger charge is -2.57. The minimum absolute atomic E-state index is 0.0411. The highest BCUT2D eigenvalue weighted by atomic mass is 16.5. The van der Waals surface area contributed by atoms with E-state index in [9.17, 15) is 10.2 Å². The monoisotopic (exact) mass is 793 g/mol. The third kappa shape index (κ3) is 10.7. The van der Waals surface area contributed by atoms with Crippen LogP contribution in [0.3, 0.4) is 0 Å².